The van der Waals surface area contributed by atoms with Crippen LogP contribution in [0.5, 0.6) is 0 Å². The summed E-state index contributed by atoms with van der Waals surface area (Å²) in [5.41, 5.74) is 1.38. The molecule has 3 nitrogen and oxygen atoms in total. The van der Waals surface area contributed by atoms with Crippen LogP contribution in [0.1, 0.15) is 31.2 Å². The molecule has 3 rings (SSSR count). The maximum absolute atomic E-state index is 11.2. The Morgan fingerprint density at radius 3 is 2.26 bits per heavy atom. The monoisotopic (exact) mass is 512 g/mol. The van der Waals surface area contributed by atoms with Crippen LogP contribution < -0.4 is 0 Å². The molecule has 0 aliphatic carbocycles. The largest absolute Gasteiger partial charge is 0.465 e. The van der Waals surface area contributed by atoms with Gasteiger partial charge in [0.1, 0.15) is 0 Å². The van der Waals surface area contributed by atoms with Gasteiger partial charge < -0.3 is 10.0 Å². The summed E-state index contributed by atoms with van der Waals surface area (Å²) in [7, 11) is 0. The Balaban J connectivity index is 0.00000133. The fraction of sp³-hybridized carbons (Fsp3) is 0.533. The van der Waals surface area contributed by atoms with Crippen LogP contribution in [0.25, 0.3) is 0 Å². The maximum Gasteiger partial charge on any atom is 0.407 e. The summed E-state index contributed by atoms with van der Waals surface area (Å²) >= 11 is 0. The molecule has 1 unspecified atom stereocenters. The van der Waals surface area contributed by atoms with Gasteiger partial charge in [0, 0.05) is 12.1 Å². The predicted molar refractivity (Wildman–Crippen MR) is 69.5 cm³/mol. The fourth-order valence-corrected chi connectivity index (χ4v) is 3.72. The van der Waals surface area contributed by atoms with E-state index in [9.17, 15) is 9.90 Å². The average Bonchev–Trinajstić information content (AvgIpc) is 2.63. The van der Waals surface area contributed by atoms with E-state index in [1.54, 1.807) is 4.90 Å². The van der Waals surface area contributed by atoms with Crippen molar-refractivity contribution in [2.75, 3.05) is 0 Å². The number of carbonyl (C=O) groups is 1. The topological polar surface area (TPSA) is 40.5 Å². The average molecular weight is 512 g/mol. The van der Waals surface area contributed by atoms with Crippen LogP contribution in [0.2, 0.25) is 0 Å². The summed E-state index contributed by atoms with van der Waals surface area (Å²) in [4.78, 5) is 12.9. The van der Waals surface area contributed by atoms with E-state index >= 15 is 0 Å². The molecule has 1 amide bonds. The van der Waals surface area contributed by atoms with Crippen LogP contribution >= 0.6 is 0 Å². The van der Waals surface area contributed by atoms with Gasteiger partial charge in [-0.05, 0) is 43.6 Å². The van der Waals surface area contributed by atoms with Crippen LogP contribution in [0, 0.1) is 5.92 Å². The number of piperidine rings is 1. The van der Waals surface area contributed by atoms with Crippen molar-refractivity contribution in [2.24, 2.45) is 5.92 Å². The molecule has 1 aromatic carbocycles. The predicted octanol–water partition coefficient (Wildman–Crippen LogP) is 3.15. The molecule has 98 valence electrons. The number of benzene rings is 1. The molecule has 19 heavy (non-hydrogen) atoms. The zero-order chi connectivity index (χ0) is 12.5. The van der Waals surface area contributed by atoms with Gasteiger partial charge in [-0.3, -0.25) is 0 Å². The van der Waals surface area contributed by atoms with E-state index in [-0.39, 0.29) is 12.1 Å². The summed E-state index contributed by atoms with van der Waals surface area (Å²) in [6.07, 6.45) is 4.57. The van der Waals surface area contributed by atoms with Crippen LogP contribution in [0.15, 0.2) is 30.3 Å². The van der Waals surface area contributed by atoms with Crippen LogP contribution in [0.3, 0.4) is 0 Å². The van der Waals surface area contributed by atoms with Crippen molar-refractivity contribution in [2.45, 2.75) is 44.2 Å². The Hall–Kier alpha value is -2.51. The minimum Gasteiger partial charge on any atom is -0.465 e. The standard InChI is InChI=1S/C15H19NO2.Rf/c17-15(18)16-13-6-7-14(16)10-12(9-13)8-11-4-2-1-3-5-11;/h1-5,12-14H,6-10H2,(H,17,18);/t12?,13-,14+;. The summed E-state index contributed by atoms with van der Waals surface area (Å²) in [6, 6.07) is 11.1. The van der Waals surface area contributed by atoms with Gasteiger partial charge in [-0.25, -0.2) is 4.79 Å². The van der Waals surface area contributed by atoms with Gasteiger partial charge >= 0.3 is 6.09 Å². The molecule has 0 aromatic heterocycles. The van der Waals surface area contributed by atoms with Crippen molar-refractivity contribution in [3.05, 3.63) is 35.9 Å². The first-order valence-corrected chi connectivity index (χ1v) is 6.79. The number of hydrogen-bond donors (Lipinski definition) is 1. The number of nitrogens with zero attached hydrogens (tertiary/aromatic N) is 1. The van der Waals surface area contributed by atoms with Crippen molar-refractivity contribution >= 4 is 6.09 Å². The van der Waals surface area contributed by atoms with Crippen LogP contribution in [0.4, 0.5) is 4.79 Å². The minimum atomic E-state index is -0.722. The molecule has 0 saturated carbocycles. The van der Waals surface area contributed by atoms with E-state index in [1.807, 2.05) is 6.07 Å². The molecular weight excluding hydrogens is 493 g/mol. The summed E-state index contributed by atoms with van der Waals surface area (Å²) in [6.45, 7) is 0. The molecular formula is C15H19NO2Rf. The molecule has 0 spiro atoms. The van der Waals surface area contributed by atoms with Gasteiger partial charge in [-0.1, -0.05) is 30.3 Å². The number of carboxylic acid groups (broad SMARTS) is 1. The second-order valence-electron chi connectivity index (χ2n) is 5.60. The zero-order valence-electron chi connectivity index (χ0n) is 11.2. The Bertz CT molecular complexity index is 423. The number of fused-ring (bicyclic) bond motifs is 2. The van der Waals surface area contributed by atoms with Crippen molar-refractivity contribution in [3.8, 4) is 0 Å². The smallest absolute Gasteiger partial charge is 0.407 e. The van der Waals surface area contributed by atoms with E-state index in [4.69, 9.17) is 0 Å². The Morgan fingerprint density at radius 2 is 1.74 bits per heavy atom. The molecule has 2 bridgehead atoms. The molecule has 2 saturated heterocycles. The van der Waals surface area contributed by atoms with E-state index in [0.29, 0.717) is 5.92 Å². The first kappa shape index (κ1) is 12.9. The number of hydrogen-bond acceptors (Lipinski definition) is 1. The molecule has 2 aliphatic rings. The Kier molecular flexibility index (Phi) is 3.41. The molecule has 4 heteroatoms. The van der Waals surface area contributed by atoms with Gasteiger partial charge in [0.05, 0.1) is 0 Å². The van der Waals surface area contributed by atoms with Crippen molar-refractivity contribution in [3.63, 3.8) is 0 Å². The normalized spacial score (nSPS) is 28.8. The maximum atomic E-state index is 11.2. The van der Waals surface area contributed by atoms with E-state index in [1.165, 1.54) is 5.56 Å². The van der Waals surface area contributed by atoms with Gasteiger partial charge in [0.15, 0.2) is 0 Å². The molecule has 2 heterocycles. The molecule has 3 atom stereocenters. The summed E-state index contributed by atoms with van der Waals surface area (Å²) < 4.78 is 0. The van der Waals surface area contributed by atoms with Gasteiger partial charge in [0.25, 0.3) is 0 Å². The first-order valence-electron chi connectivity index (χ1n) is 6.79. The van der Waals surface area contributed by atoms with Gasteiger partial charge in [0.2, 0.25) is 0 Å². The number of rotatable bonds is 2. The van der Waals surface area contributed by atoms with Crippen molar-refractivity contribution in [1.29, 1.82) is 0 Å². The van der Waals surface area contributed by atoms with Gasteiger partial charge in [-0.15, -0.1) is 0 Å². The zero-order valence-corrected chi connectivity index (χ0v) is 17.6. The molecule has 0 radical (unpaired) electrons. The van der Waals surface area contributed by atoms with E-state index in [0.717, 1.165) is 32.1 Å². The molecule has 1 aromatic rings. The molecule has 2 aliphatic heterocycles. The van der Waals surface area contributed by atoms with Crippen LogP contribution in [-0.2, 0) is 6.42 Å². The van der Waals surface area contributed by atoms with Gasteiger partial charge in [-0.2, -0.15) is 0 Å². The quantitative estimate of drug-likeness (QED) is 0.662. The van der Waals surface area contributed by atoms with E-state index < -0.39 is 6.09 Å². The third-order valence-corrected chi connectivity index (χ3v) is 4.42. The third-order valence-electron chi connectivity index (χ3n) is 4.42. The SMILES string of the molecule is O=C(O)N1[C@@H]2CC[C@H]1CC(Cc1ccccc1)C2.[Rf]. The summed E-state index contributed by atoms with van der Waals surface area (Å²) in [5, 5.41) is 9.22. The first-order chi connectivity index (χ1) is 8.74. The second-order valence-corrected chi connectivity index (χ2v) is 5.60. The fourth-order valence-electron chi connectivity index (χ4n) is 3.72. The van der Waals surface area contributed by atoms with E-state index in [2.05, 4.69) is 24.3 Å². The molecule has 2 fully saturated rings. The summed E-state index contributed by atoms with van der Waals surface area (Å²) in [5.74, 6) is 0.653. The number of amides is 1. The molecule has 1 N–H and O–H groups in total. The van der Waals surface area contributed by atoms with Crippen molar-refractivity contribution in [1.82, 2.24) is 4.90 Å². The third kappa shape index (κ3) is 2.37. The van der Waals surface area contributed by atoms with Crippen LogP contribution in [-0.4, -0.2) is 28.2 Å². The minimum absolute atomic E-state index is 0. The Labute approximate surface area is 107 Å². The Morgan fingerprint density at radius 1 is 1.16 bits per heavy atom. The van der Waals surface area contributed by atoms with Crippen molar-refractivity contribution < 1.29 is 9.90 Å². The second kappa shape index (κ2) is 5.01.